The van der Waals surface area contributed by atoms with Crippen molar-refractivity contribution in [3.63, 3.8) is 0 Å². The molecular formula is C10H12BrN3O. The molecule has 0 radical (unpaired) electrons. The number of hydrogen-bond donors (Lipinski definition) is 2. The molecule has 2 rings (SSSR count). The second-order valence-electron chi connectivity index (χ2n) is 3.77. The molecule has 4 nitrogen and oxygen atoms in total. The van der Waals surface area contributed by atoms with E-state index in [4.69, 9.17) is 5.73 Å². The minimum absolute atomic E-state index is 0.0237. The van der Waals surface area contributed by atoms with Crippen LogP contribution in [0.3, 0.4) is 0 Å². The molecule has 15 heavy (non-hydrogen) atoms. The second kappa shape index (κ2) is 3.90. The van der Waals surface area contributed by atoms with Crippen LogP contribution in [-0.2, 0) is 4.79 Å². The van der Waals surface area contributed by atoms with Crippen LogP contribution in [0, 0.1) is 5.41 Å². The van der Waals surface area contributed by atoms with Crippen molar-refractivity contribution in [2.24, 2.45) is 11.1 Å². The zero-order valence-electron chi connectivity index (χ0n) is 8.16. The Hall–Kier alpha value is -0.940. The first kappa shape index (κ1) is 10.6. The molecule has 1 amide bonds. The predicted molar refractivity (Wildman–Crippen MR) is 61.3 cm³/mol. The summed E-state index contributed by atoms with van der Waals surface area (Å²) in [6.45, 7) is 0.406. The van der Waals surface area contributed by atoms with Crippen molar-refractivity contribution in [3.8, 4) is 0 Å². The summed E-state index contributed by atoms with van der Waals surface area (Å²) < 4.78 is 0.783. The number of anilines is 1. The van der Waals surface area contributed by atoms with Gasteiger partial charge in [-0.3, -0.25) is 4.79 Å². The number of nitrogens with zero attached hydrogens (tertiary/aromatic N) is 1. The average molecular weight is 270 g/mol. The fraction of sp³-hybridized carbons (Fsp3) is 0.400. The number of aromatic nitrogens is 1. The quantitative estimate of drug-likeness (QED) is 0.875. The van der Waals surface area contributed by atoms with Crippen molar-refractivity contribution < 1.29 is 4.79 Å². The van der Waals surface area contributed by atoms with Crippen LogP contribution in [0.15, 0.2) is 22.8 Å². The largest absolute Gasteiger partial charge is 0.329 e. The summed E-state index contributed by atoms with van der Waals surface area (Å²) in [5.74, 6) is 0.534. The number of nitrogens with two attached hydrogens (primary N) is 1. The molecule has 1 aromatic heterocycles. The molecule has 3 N–H and O–H groups in total. The van der Waals surface area contributed by atoms with Crippen LogP contribution >= 0.6 is 15.9 Å². The molecule has 1 aromatic rings. The Balaban J connectivity index is 2.10. The smallest absolute Gasteiger partial charge is 0.233 e. The first-order valence-electron chi connectivity index (χ1n) is 4.80. The van der Waals surface area contributed by atoms with Crippen LogP contribution < -0.4 is 11.1 Å². The van der Waals surface area contributed by atoms with E-state index in [0.29, 0.717) is 12.4 Å². The van der Waals surface area contributed by atoms with Crippen molar-refractivity contribution in [1.29, 1.82) is 0 Å². The first-order chi connectivity index (χ1) is 7.18. The molecule has 1 heterocycles. The lowest BCUT2D eigenvalue weighted by atomic mass is 10.1. The van der Waals surface area contributed by atoms with Crippen molar-refractivity contribution in [1.82, 2.24) is 4.98 Å². The van der Waals surface area contributed by atoms with Gasteiger partial charge in [0, 0.05) is 12.7 Å². The van der Waals surface area contributed by atoms with E-state index in [2.05, 4.69) is 26.2 Å². The molecule has 1 saturated carbocycles. The van der Waals surface area contributed by atoms with Crippen molar-refractivity contribution in [2.75, 3.05) is 11.9 Å². The van der Waals surface area contributed by atoms with Gasteiger partial charge in [-0.15, -0.1) is 0 Å². The molecule has 0 aromatic carbocycles. The van der Waals surface area contributed by atoms with Gasteiger partial charge >= 0.3 is 0 Å². The first-order valence-corrected chi connectivity index (χ1v) is 5.59. The molecule has 1 aliphatic carbocycles. The number of carbonyl (C=O) groups is 1. The number of pyridine rings is 1. The van der Waals surface area contributed by atoms with Gasteiger partial charge in [-0.1, -0.05) is 0 Å². The molecule has 5 heteroatoms. The predicted octanol–water partition coefficient (Wildman–Crippen LogP) is 1.52. The van der Waals surface area contributed by atoms with E-state index in [9.17, 15) is 4.79 Å². The monoisotopic (exact) mass is 269 g/mol. The van der Waals surface area contributed by atoms with Crippen LogP contribution in [0.2, 0.25) is 0 Å². The Morgan fingerprint density at radius 2 is 2.40 bits per heavy atom. The Morgan fingerprint density at radius 3 is 2.93 bits per heavy atom. The van der Waals surface area contributed by atoms with Gasteiger partial charge in [-0.05, 0) is 40.9 Å². The Labute approximate surface area is 96.4 Å². The zero-order valence-corrected chi connectivity index (χ0v) is 9.75. The highest BCUT2D eigenvalue weighted by atomic mass is 79.9. The Bertz CT molecular complexity index is 390. The van der Waals surface area contributed by atoms with E-state index in [1.807, 2.05) is 6.07 Å². The van der Waals surface area contributed by atoms with Gasteiger partial charge in [0.25, 0.3) is 0 Å². The number of rotatable bonds is 3. The molecular weight excluding hydrogens is 258 g/mol. The molecule has 0 saturated heterocycles. The van der Waals surface area contributed by atoms with Gasteiger partial charge in [-0.25, -0.2) is 4.98 Å². The zero-order chi connectivity index (χ0) is 10.9. The fourth-order valence-electron chi connectivity index (χ4n) is 1.39. The summed E-state index contributed by atoms with van der Waals surface area (Å²) >= 11 is 3.33. The van der Waals surface area contributed by atoms with Crippen molar-refractivity contribution in [3.05, 3.63) is 22.8 Å². The highest BCUT2D eigenvalue weighted by Crippen LogP contribution is 2.45. The van der Waals surface area contributed by atoms with Gasteiger partial charge in [0.2, 0.25) is 5.91 Å². The van der Waals surface area contributed by atoms with Gasteiger partial charge in [0.05, 0.1) is 9.89 Å². The molecule has 0 atom stereocenters. The molecule has 0 spiro atoms. The molecule has 80 valence electrons. The standard InChI is InChI=1S/C10H12BrN3O/c11-7-2-1-5-13-8(7)14-9(15)10(6-12)3-4-10/h1-2,5H,3-4,6,12H2,(H,13,14,15). The van der Waals surface area contributed by atoms with E-state index in [0.717, 1.165) is 17.3 Å². The van der Waals surface area contributed by atoms with E-state index < -0.39 is 0 Å². The van der Waals surface area contributed by atoms with Crippen LogP contribution in [0.4, 0.5) is 5.82 Å². The van der Waals surface area contributed by atoms with E-state index >= 15 is 0 Å². The third kappa shape index (κ3) is 2.03. The maximum atomic E-state index is 11.8. The van der Waals surface area contributed by atoms with Crippen LogP contribution in [0.1, 0.15) is 12.8 Å². The SMILES string of the molecule is NCC1(C(=O)Nc2ncccc2Br)CC1. The lowest BCUT2D eigenvalue weighted by Gasteiger charge is -2.12. The van der Waals surface area contributed by atoms with E-state index in [1.54, 1.807) is 12.3 Å². The number of carbonyl (C=O) groups excluding carboxylic acids is 1. The number of amides is 1. The third-order valence-electron chi connectivity index (χ3n) is 2.72. The van der Waals surface area contributed by atoms with E-state index in [-0.39, 0.29) is 11.3 Å². The van der Waals surface area contributed by atoms with Gasteiger partial charge in [-0.2, -0.15) is 0 Å². The number of halogens is 1. The minimum atomic E-state index is -0.336. The van der Waals surface area contributed by atoms with Crippen LogP contribution in [-0.4, -0.2) is 17.4 Å². The Morgan fingerprint density at radius 1 is 1.67 bits per heavy atom. The second-order valence-corrected chi connectivity index (χ2v) is 4.63. The number of hydrogen-bond acceptors (Lipinski definition) is 3. The molecule has 1 fully saturated rings. The summed E-state index contributed by atoms with van der Waals surface area (Å²) in [7, 11) is 0. The summed E-state index contributed by atoms with van der Waals surface area (Å²) in [4.78, 5) is 15.9. The molecule has 1 aliphatic rings. The normalized spacial score (nSPS) is 17.2. The topological polar surface area (TPSA) is 68.0 Å². The lowest BCUT2D eigenvalue weighted by Crippen LogP contribution is -2.31. The molecule has 0 unspecified atom stereocenters. The lowest BCUT2D eigenvalue weighted by molar-refractivity contribution is -0.120. The summed E-state index contributed by atoms with van der Waals surface area (Å²) in [5.41, 5.74) is 5.23. The highest BCUT2D eigenvalue weighted by molar-refractivity contribution is 9.10. The minimum Gasteiger partial charge on any atom is -0.329 e. The maximum Gasteiger partial charge on any atom is 0.233 e. The van der Waals surface area contributed by atoms with Gasteiger partial charge < -0.3 is 11.1 Å². The third-order valence-corrected chi connectivity index (χ3v) is 3.36. The average Bonchev–Trinajstić information content (AvgIpc) is 3.02. The van der Waals surface area contributed by atoms with Crippen molar-refractivity contribution >= 4 is 27.7 Å². The van der Waals surface area contributed by atoms with Gasteiger partial charge in [0.15, 0.2) is 0 Å². The highest BCUT2D eigenvalue weighted by Gasteiger charge is 2.48. The number of nitrogens with one attached hydrogen (secondary N) is 1. The summed E-state index contributed by atoms with van der Waals surface area (Å²) in [6.07, 6.45) is 3.39. The maximum absolute atomic E-state index is 11.8. The molecule has 0 aliphatic heterocycles. The van der Waals surface area contributed by atoms with Gasteiger partial charge in [0.1, 0.15) is 5.82 Å². The van der Waals surface area contributed by atoms with Crippen LogP contribution in [0.5, 0.6) is 0 Å². The van der Waals surface area contributed by atoms with Crippen molar-refractivity contribution in [2.45, 2.75) is 12.8 Å². The van der Waals surface area contributed by atoms with Crippen LogP contribution in [0.25, 0.3) is 0 Å². The molecule has 0 bridgehead atoms. The van der Waals surface area contributed by atoms with E-state index in [1.165, 1.54) is 0 Å². The fourth-order valence-corrected chi connectivity index (χ4v) is 1.75. The Kier molecular flexibility index (Phi) is 2.75. The summed E-state index contributed by atoms with van der Waals surface area (Å²) in [5, 5.41) is 2.79. The summed E-state index contributed by atoms with van der Waals surface area (Å²) in [6, 6.07) is 3.64.